The van der Waals surface area contributed by atoms with Crippen LogP contribution in [-0.4, -0.2) is 15.7 Å². The van der Waals surface area contributed by atoms with Crippen LogP contribution < -0.4 is 5.32 Å². The molecule has 3 rings (SSSR count). The zero-order valence-electron chi connectivity index (χ0n) is 12.9. The predicted molar refractivity (Wildman–Crippen MR) is 101 cm³/mol. The number of halogens is 1. The Labute approximate surface area is 153 Å². The average molecular weight is 402 g/mol. The van der Waals surface area contributed by atoms with Crippen LogP contribution in [0.2, 0.25) is 0 Å². The lowest BCUT2D eigenvalue weighted by Gasteiger charge is -2.10. The smallest absolute Gasteiger partial charge is 0.244 e. The maximum absolute atomic E-state index is 12.0. The molecule has 0 saturated heterocycles. The Balaban J connectivity index is 1.60. The van der Waals surface area contributed by atoms with Crippen LogP contribution in [0.25, 0.3) is 6.08 Å². The highest BCUT2D eigenvalue weighted by Crippen LogP contribution is 2.22. The minimum Gasteiger partial charge on any atom is -0.348 e. The van der Waals surface area contributed by atoms with Gasteiger partial charge < -0.3 is 5.32 Å². The summed E-state index contributed by atoms with van der Waals surface area (Å²) in [4.78, 5) is 13.0. The molecule has 0 aliphatic carbocycles. The molecule has 2 heterocycles. The second-order valence-corrected chi connectivity index (χ2v) is 7.66. The summed E-state index contributed by atoms with van der Waals surface area (Å²) in [6.45, 7) is 1.19. The molecule has 1 N–H and O–H groups in total. The summed E-state index contributed by atoms with van der Waals surface area (Å²) in [7, 11) is 0. The molecule has 2 aromatic heterocycles. The Hall–Kier alpha value is -2.18. The molecule has 0 bridgehead atoms. The summed E-state index contributed by atoms with van der Waals surface area (Å²) < 4.78 is 2.92. The molecule has 24 heavy (non-hydrogen) atoms. The van der Waals surface area contributed by atoms with Crippen LogP contribution in [0, 0.1) is 0 Å². The van der Waals surface area contributed by atoms with E-state index in [-0.39, 0.29) is 5.91 Å². The molecule has 0 spiro atoms. The Morgan fingerprint density at radius 2 is 2.04 bits per heavy atom. The molecule has 0 saturated carbocycles. The molecule has 0 fully saturated rings. The van der Waals surface area contributed by atoms with E-state index in [4.69, 9.17) is 0 Å². The number of rotatable bonds is 6. The van der Waals surface area contributed by atoms with Crippen molar-refractivity contribution in [2.45, 2.75) is 13.1 Å². The minimum atomic E-state index is -0.103. The first-order chi connectivity index (χ1) is 11.7. The van der Waals surface area contributed by atoms with E-state index in [1.54, 1.807) is 23.6 Å². The van der Waals surface area contributed by atoms with Gasteiger partial charge in [0.1, 0.15) is 0 Å². The van der Waals surface area contributed by atoms with E-state index in [0.717, 1.165) is 19.8 Å². The number of nitrogens with zero attached hydrogens (tertiary/aromatic N) is 2. The molecule has 122 valence electrons. The van der Waals surface area contributed by atoms with E-state index in [0.29, 0.717) is 13.1 Å². The van der Waals surface area contributed by atoms with Crippen molar-refractivity contribution in [2.24, 2.45) is 0 Å². The van der Waals surface area contributed by atoms with Crippen LogP contribution in [0.5, 0.6) is 0 Å². The monoisotopic (exact) mass is 401 g/mol. The van der Waals surface area contributed by atoms with Gasteiger partial charge in [-0.3, -0.25) is 9.48 Å². The van der Waals surface area contributed by atoms with Gasteiger partial charge >= 0.3 is 0 Å². The molecule has 0 radical (unpaired) electrons. The number of hydrogen-bond acceptors (Lipinski definition) is 3. The third kappa shape index (κ3) is 4.66. The first-order valence-corrected chi connectivity index (χ1v) is 9.07. The van der Waals surface area contributed by atoms with Crippen molar-refractivity contribution < 1.29 is 4.79 Å². The third-order valence-corrected chi connectivity index (χ3v) is 5.04. The summed E-state index contributed by atoms with van der Waals surface area (Å²) in [6.07, 6.45) is 7.07. The quantitative estimate of drug-likeness (QED) is 0.632. The van der Waals surface area contributed by atoms with Crippen molar-refractivity contribution in [3.05, 3.63) is 80.7 Å². The normalized spacial score (nSPS) is 11.0. The standard InChI is InChI=1S/C18H16BrN3OS/c19-17-8-6-16(24-17)7-9-18(23)20-12-14-4-1-2-5-15(14)13-22-11-3-10-21-22/h1-11H,12-13H2,(H,20,23)/b9-7+. The van der Waals surface area contributed by atoms with Gasteiger partial charge in [0.05, 0.1) is 10.3 Å². The van der Waals surface area contributed by atoms with Crippen molar-refractivity contribution in [1.82, 2.24) is 15.1 Å². The number of nitrogens with one attached hydrogen (secondary N) is 1. The van der Waals surface area contributed by atoms with Crippen LogP contribution in [0.15, 0.2) is 64.7 Å². The number of benzene rings is 1. The minimum absolute atomic E-state index is 0.103. The van der Waals surface area contributed by atoms with E-state index in [2.05, 4.69) is 32.4 Å². The van der Waals surface area contributed by atoms with Gasteiger partial charge in [0, 0.05) is 29.9 Å². The molecule has 3 aromatic rings. The van der Waals surface area contributed by atoms with Gasteiger partial charge in [-0.2, -0.15) is 5.10 Å². The Morgan fingerprint density at radius 1 is 1.21 bits per heavy atom. The lowest BCUT2D eigenvalue weighted by atomic mass is 10.1. The van der Waals surface area contributed by atoms with Gasteiger partial charge in [-0.15, -0.1) is 11.3 Å². The zero-order chi connectivity index (χ0) is 16.8. The van der Waals surface area contributed by atoms with Gasteiger partial charge in [-0.1, -0.05) is 24.3 Å². The number of carbonyl (C=O) groups excluding carboxylic acids is 1. The molecule has 0 aliphatic rings. The Morgan fingerprint density at radius 3 is 2.75 bits per heavy atom. The van der Waals surface area contributed by atoms with Crippen molar-refractivity contribution >= 4 is 39.2 Å². The number of amides is 1. The van der Waals surface area contributed by atoms with E-state index < -0.39 is 0 Å². The van der Waals surface area contributed by atoms with E-state index in [9.17, 15) is 4.79 Å². The van der Waals surface area contributed by atoms with Gasteiger partial charge in [-0.25, -0.2) is 0 Å². The van der Waals surface area contributed by atoms with Crippen LogP contribution in [-0.2, 0) is 17.9 Å². The van der Waals surface area contributed by atoms with Crippen molar-refractivity contribution in [1.29, 1.82) is 0 Å². The van der Waals surface area contributed by atoms with E-state index in [1.807, 2.05) is 53.4 Å². The molecule has 6 heteroatoms. The summed E-state index contributed by atoms with van der Waals surface area (Å²) in [5.74, 6) is -0.103. The molecule has 4 nitrogen and oxygen atoms in total. The maximum Gasteiger partial charge on any atom is 0.244 e. The van der Waals surface area contributed by atoms with Crippen molar-refractivity contribution in [3.63, 3.8) is 0 Å². The number of hydrogen-bond donors (Lipinski definition) is 1. The van der Waals surface area contributed by atoms with Crippen LogP contribution >= 0.6 is 27.3 Å². The summed E-state index contributed by atoms with van der Waals surface area (Å²) in [6, 6.07) is 13.9. The fourth-order valence-corrected chi connectivity index (χ4v) is 3.60. The van der Waals surface area contributed by atoms with Gasteiger partial charge in [0.2, 0.25) is 5.91 Å². The molecule has 1 amide bonds. The van der Waals surface area contributed by atoms with Gasteiger partial charge in [0.15, 0.2) is 0 Å². The topological polar surface area (TPSA) is 46.9 Å². The lowest BCUT2D eigenvalue weighted by Crippen LogP contribution is -2.21. The highest BCUT2D eigenvalue weighted by Gasteiger charge is 2.04. The highest BCUT2D eigenvalue weighted by atomic mass is 79.9. The van der Waals surface area contributed by atoms with Crippen molar-refractivity contribution in [2.75, 3.05) is 0 Å². The van der Waals surface area contributed by atoms with Crippen LogP contribution in [0.3, 0.4) is 0 Å². The summed E-state index contributed by atoms with van der Waals surface area (Å²) in [5.41, 5.74) is 2.24. The number of aromatic nitrogens is 2. The van der Waals surface area contributed by atoms with Crippen molar-refractivity contribution in [3.8, 4) is 0 Å². The molecular weight excluding hydrogens is 386 g/mol. The molecular formula is C18H16BrN3OS. The summed E-state index contributed by atoms with van der Waals surface area (Å²) >= 11 is 5.00. The van der Waals surface area contributed by atoms with Crippen LogP contribution in [0.4, 0.5) is 0 Å². The lowest BCUT2D eigenvalue weighted by molar-refractivity contribution is -0.116. The second kappa shape index (κ2) is 8.08. The average Bonchev–Trinajstić information content (AvgIpc) is 3.24. The van der Waals surface area contributed by atoms with Gasteiger partial charge in [0.25, 0.3) is 0 Å². The van der Waals surface area contributed by atoms with E-state index >= 15 is 0 Å². The predicted octanol–water partition coefficient (Wildman–Crippen LogP) is 4.09. The fraction of sp³-hybridized carbons (Fsp3) is 0.111. The largest absolute Gasteiger partial charge is 0.348 e. The Kier molecular flexibility index (Phi) is 5.61. The van der Waals surface area contributed by atoms with Crippen LogP contribution in [0.1, 0.15) is 16.0 Å². The second-order valence-electron chi connectivity index (χ2n) is 5.17. The maximum atomic E-state index is 12.0. The molecule has 0 atom stereocenters. The number of carbonyl (C=O) groups is 1. The Bertz CT molecular complexity index is 840. The molecule has 1 aromatic carbocycles. The SMILES string of the molecule is O=C(/C=C/c1ccc(Br)s1)NCc1ccccc1Cn1cccn1. The summed E-state index contributed by atoms with van der Waals surface area (Å²) in [5, 5.41) is 7.16. The fourth-order valence-electron chi connectivity index (χ4n) is 2.27. The third-order valence-electron chi connectivity index (χ3n) is 3.46. The zero-order valence-corrected chi connectivity index (χ0v) is 15.3. The number of thiophene rings is 1. The molecule has 0 unspecified atom stereocenters. The van der Waals surface area contributed by atoms with Gasteiger partial charge in [-0.05, 0) is 51.3 Å². The first-order valence-electron chi connectivity index (χ1n) is 7.46. The molecule has 0 aliphatic heterocycles. The first kappa shape index (κ1) is 16.7. The highest BCUT2D eigenvalue weighted by molar-refractivity contribution is 9.11. The van der Waals surface area contributed by atoms with E-state index in [1.165, 1.54) is 0 Å².